The van der Waals surface area contributed by atoms with E-state index in [1.54, 1.807) is 0 Å². The summed E-state index contributed by atoms with van der Waals surface area (Å²) in [5.41, 5.74) is 0. The van der Waals surface area contributed by atoms with Gasteiger partial charge in [-0.25, -0.2) is 0 Å². The predicted octanol–water partition coefficient (Wildman–Crippen LogP) is 1.11. The maximum atomic E-state index is 11.5. The third-order valence-corrected chi connectivity index (χ3v) is 3.77. The van der Waals surface area contributed by atoms with Crippen LogP contribution in [0.25, 0.3) is 0 Å². The van der Waals surface area contributed by atoms with Crippen molar-refractivity contribution in [3.8, 4) is 0 Å². The lowest BCUT2D eigenvalue weighted by atomic mass is 10.1. The molecule has 0 aromatic heterocycles. The lowest BCUT2D eigenvalue weighted by Crippen LogP contribution is -2.38. The summed E-state index contributed by atoms with van der Waals surface area (Å²) in [6.45, 7) is 1.85. The molecule has 1 unspecified atom stereocenters. The Labute approximate surface area is 93.8 Å². The molecular weight excluding hydrogens is 214 g/mol. The molecule has 0 spiro atoms. The molecule has 15 heavy (non-hydrogen) atoms. The van der Waals surface area contributed by atoms with Gasteiger partial charge in [-0.1, -0.05) is 0 Å². The van der Waals surface area contributed by atoms with Crippen molar-refractivity contribution in [2.45, 2.75) is 37.5 Å². The highest BCUT2D eigenvalue weighted by Crippen LogP contribution is 2.25. The highest BCUT2D eigenvalue weighted by atomic mass is 32.2. The van der Waals surface area contributed by atoms with Crippen LogP contribution in [0.2, 0.25) is 0 Å². The summed E-state index contributed by atoms with van der Waals surface area (Å²) in [6, 6.07) is 0.0493. The van der Waals surface area contributed by atoms with Gasteiger partial charge in [0.15, 0.2) is 0 Å². The first-order valence-corrected chi connectivity index (χ1v) is 6.39. The van der Waals surface area contributed by atoms with E-state index < -0.39 is 5.97 Å². The summed E-state index contributed by atoms with van der Waals surface area (Å²) >= 11 is 1.49. The monoisotopic (exact) mass is 231 g/mol. The standard InChI is InChI=1S/C10H17NO3S/c1-6(15-2)9(12)11-8-4-3-7(5-8)10(13)14/h6-8H,3-5H2,1-2H3,(H,11,12)(H,13,14)/t6?,7-,8+/m0/s1. The van der Waals surface area contributed by atoms with Crippen molar-refractivity contribution in [2.75, 3.05) is 6.26 Å². The molecule has 0 radical (unpaired) electrons. The second kappa shape index (κ2) is 5.39. The number of rotatable bonds is 4. The Kier molecular flexibility index (Phi) is 4.45. The zero-order valence-electron chi connectivity index (χ0n) is 9.03. The fraction of sp³-hybridized carbons (Fsp3) is 0.800. The largest absolute Gasteiger partial charge is 0.481 e. The molecule has 0 saturated heterocycles. The molecule has 3 atom stereocenters. The van der Waals surface area contributed by atoms with Crippen LogP contribution in [-0.2, 0) is 9.59 Å². The highest BCUT2D eigenvalue weighted by molar-refractivity contribution is 7.99. The molecule has 86 valence electrons. The zero-order valence-corrected chi connectivity index (χ0v) is 9.84. The van der Waals surface area contributed by atoms with Crippen molar-refractivity contribution < 1.29 is 14.7 Å². The van der Waals surface area contributed by atoms with Gasteiger partial charge >= 0.3 is 5.97 Å². The normalized spacial score (nSPS) is 27.3. The maximum Gasteiger partial charge on any atom is 0.306 e. The third kappa shape index (κ3) is 3.41. The number of nitrogens with one attached hydrogen (secondary N) is 1. The molecule has 1 aliphatic rings. The zero-order chi connectivity index (χ0) is 11.4. The minimum atomic E-state index is -0.746. The van der Waals surface area contributed by atoms with Gasteiger partial charge in [0.1, 0.15) is 0 Å². The molecule has 0 heterocycles. The summed E-state index contributed by atoms with van der Waals surface area (Å²) < 4.78 is 0. The van der Waals surface area contributed by atoms with Gasteiger partial charge < -0.3 is 10.4 Å². The van der Waals surface area contributed by atoms with E-state index in [0.717, 1.165) is 6.42 Å². The molecule has 4 nitrogen and oxygen atoms in total. The van der Waals surface area contributed by atoms with Crippen LogP contribution in [0.1, 0.15) is 26.2 Å². The molecule has 1 fully saturated rings. The number of carboxylic acids is 1. The second-order valence-electron chi connectivity index (χ2n) is 3.93. The lowest BCUT2D eigenvalue weighted by Gasteiger charge is -2.15. The van der Waals surface area contributed by atoms with E-state index in [1.807, 2.05) is 13.2 Å². The van der Waals surface area contributed by atoms with Crippen molar-refractivity contribution in [3.63, 3.8) is 0 Å². The van der Waals surface area contributed by atoms with E-state index >= 15 is 0 Å². The van der Waals surface area contributed by atoms with E-state index in [9.17, 15) is 9.59 Å². The number of hydrogen-bond acceptors (Lipinski definition) is 3. The Hall–Kier alpha value is -0.710. The van der Waals surface area contributed by atoms with Crippen molar-refractivity contribution in [1.82, 2.24) is 5.32 Å². The van der Waals surface area contributed by atoms with Crippen molar-refractivity contribution in [3.05, 3.63) is 0 Å². The average molecular weight is 231 g/mol. The number of aliphatic carboxylic acids is 1. The van der Waals surface area contributed by atoms with E-state index in [-0.39, 0.29) is 23.1 Å². The van der Waals surface area contributed by atoms with Gasteiger partial charge in [0, 0.05) is 6.04 Å². The van der Waals surface area contributed by atoms with E-state index in [1.165, 1.54) is 11.8 Å². The molecule has 1 aliphatic carbocycles. The number of amides is 1. The highest BCUT2D eigenvalue weighted by Gasteiger charge is 2.31. The molecule has 0 aromatic carbocycles. The average Bonchev–Trinajstić information content (AvgIpc) is 2.65. The second-order valence-corrected chi connectivity index (χ2v) is 5.11. The predicted molar refractivity (Wildman–Crippen MR) is 59.9 cm³/mol. The van der Waals surface area contributed by atoms with Crippen LogP contribution in [0.3, 0.4) is 0 Å². The first-order valence-electron chi connectivity index (χ1n) is 5.10. The van der Waals surface area contributed by atoms with Crippen LogP contribution >= 0.6 is 11.8 Å². The molecule has 1 rings (SSSR count). The SMILES string of the molecule is CSC(C)C(=O)N[C@@H]1CC[C@H](C(=O)O)C1. The van der Waals surface area contributed by atoms with Crippen LogP contribution in [0, 0.1) is 5.92 Å². The number of carbonyl (C=O) groups is 2. The minimum absolute atomic E-state index is 0.0125. The number of thioether (sulfide) groups is 1. The molecule has 1 amide bonds. The Morgan fingerprint density at radius 1 is 1.47 bits per heavy atom. The molecule has 0 aliphatic heterocycles. The summed E-state index contributed by atoms with van der Waals surface area (Å²) in [5.74, 6) is -1.01. The van der Waals surface area contributed by atoms with E-state index in [2.05, 4.69) is 5.32 Å². The van der Waals surface area contributed by atoms with Crippen LogP contribution < -0.4 is 5.32 Å². The van der Waals surface area contributed by atoms with Crippen LogP contribution in [-0.4, -0.2) is 34.5 Å². The Bertz CT molecular complexity index is 257. The maximum absolute atomic E-state index is 11.5. The van der Waals surface area contributed by atoms with Crippen molar-refractivity contribution in [1.29, 1.82) is 0 Å². The van der Waals surface area contributed by atoms with Gasteiger partial charge in [-0.3, -0.25) is 9.59 Å². The Morgan fingerprint density at radius 3 is 2.60 bits per heavy atom. The first-order chi connectivity index (χ1) is 7.04. The summed E-state index contributed by atoms with van der Waals surface area (Å²) in [7, 11) is 0. The molecule has 0 aromatic rings. The molecule has 1 saturated carbocycles. The van der Waals surface area contributed by atoms with Crippen molar-refractivity contribution in [2.24, 2.45) is 5.92 Å². The number of hydrogen-bond donors (Lipinski definition) is 2. The van der Waals surface area contributed by atoms with Crippen LogP contribution in [0.4, 0.5) is 0 Å². The lowest BCUT2D eigenvalue weighted by molar-refractivity contribution is -0.141. The molecule has 2 N–H and O–H groups in total. The van der Waals surface area contributed by atoms with E-state index in [4.69, 9.17) is 5.11 Å². The topological polar surface area (TPSA) is 66.4 Å². The molecule has 5 heteroatoms. The van der Waals surface area contributed by atoms with Crippen LogP contribution in [0.15, 0.2) is 0 Å². The van der Waals surface area contributed by atoms with Crippen molar-refractivity contribution >= 4 is 23.6 Å². The quantitative estimate of drug-likeness (QED) is 0.760. The molecule has 0 bridgehead atoms. The number of carboxylic acid groups (broad SMARTS) is 1. The van der Waals surface area contributed by atoms with Gasteiger partial charge in [0.2, 0.25) is 5.91 Å². The Balaban J connectivity index is 2.36. The summed E-state index contributed by atoms with van der Waals surface area (Å²) in [4.78, 5) is 22.2. The molecular formula is C10H17NO3S. The summed E-state index contributed by atoms with van der Waals surface area (Å²) in [5, 5.41) is 11.6. The van der Waals surface area contributed by atoms with E-state index in [0.29, 0.717) is 12.8 Å². The third-order valence-electron chi connectivity index (χ3n) is 2.85. The van der Waals surface area contributed by atoms with Gasteiger partial charge in [0.05, 0.1) is 11.2 Å². The minimum Gasteiger partial charge on any atom is -0.481 e. The van der Waals surface area contributed by atoms with Gasteiger partial charge in [-0.15, -0.1) is 0 Å². The van der Waals surface area contributed by atoms with Gasteiger partial charge in [-0.05, 0) is 32.4 Å². The first kappa shape index (κ1) is 12.4. The fourth-order valence-corrected chi connectivity index (χ4v) is 2.04. The smallest absolute Gasteiger partial charge is 0.306 e. The fourth-order valence-electron chi connectivity index (χ4n) is 1.76. The summed E-state index contributed by atoms with van der Waals surface area (Å²) in [6.07, 6.45) is 3.92. The van der Waals surface area contributed by atoms with Crippen LogP contribution in [0.5, 0.6) is 0 Å². The van der Waals surface area contributed by atoms with Gasteiger partial charge in [0.25, 0.3) is 0 Å². The van der Waals surface area contributed by atoms with Gasteiger partial charge in [-0.2, -0.15) is 11.8 Å². The number of carbonyl (C=O) groups excluding carboxylic acids is 1. The Morgan fingerprint density at radius 2 is 2.13 bits per heavy atom.